The van der Waals surface area contributed by atoms with Gasteiger partial charge in [-0.05, 0) is 41.8 Å². The van der Waals surface area contributed by atoms with Crippen molar-refractivity contribution in [1.29, 1.82) is 0 Å². The number of hydrogen-bond donors (Lipinski definition) is 1. The first-order valence-corrected chi connectivity index (χ1v) is 11.9. The number of para-hydroxylation sites is 2. The summed E-state index contributed by atoms with van der Waals surface area (Å²) in [5.41, 5.74) is 1.77. The predicted octanol–water partition coefficient (Wildman–Crippen LogP) is 4.31. The lowest BCUT2D eigenvalue weighted by Gasteiger charge is -2.18. The Morgan fingerprint density at radius 2 is 2.09 bits per heavy atom. The van der Waals surface area contributed by atoms with Crippen LogP contribution >= 0.6 is 23.1 Å². The topological polar surface area (TPSA) is 95.3 Å². The van der Waals surface area contributed by atoms with Gasteiger partial charge in [-0.1, -0.05) is 30.0 Å². The number of hydrogen-bond acceptors (Lipinski definition) is 8. The summed E-state index contributed by atoms with van der Waals surface area (Å²) >= 11 is 2.85. The number of Topliss-reactive ketones (excluding diaryl/α,β-unsaturated/α-hetero) is 1. The highest BCUT2D eigenvalue weighted by molar-refractivity contribution is 7.99. The van der Waals surface area contributed by atoms with Crippen molar-refractivity contribution in [3.05, 3.63) is 65.5 Å². The molecule has 0 unspecified atom stereocenters. The molecule has 0 atom stereocenters. The molecule has 0 saturated carbocycles. The van der Waals surface area contributed by atoms with Crippen LogP contribution in [0, 0.1) is 0 Å². The van der Waals surface area contributed by atoms with Gasteiger partial charge < -0.3 is 14.8 Å². The minimum Gasteiger partial charge on any atom is -0.495 e. The number of ether oxygens (including phenoxy) is 2. The number of benzene rings is 2. The minimum atomic E-state index is -0.243. The number of nitrogens with zero attached hydrogens (tertiary/aromatic N) is 3. The largest absolute Gasteiger partial charge is 0.495 e. The number of ketones is 1. The summed E-state index contributed by atoms with van der Waals surface area (Å²) in [6.07, 6.45) is 0. The third kappa shape index (κ3) is 4.22. The van der Waals surface area contributed by atoms with E-state index in [1.165, 1.54) is 11.8 Å². The molecule has 10 heteroatoms. The average Bonchev–Trinajstić information content (AvgIpc) is 3.52. The molecule has 33 heavy (non-hydrogen) atoms. The van der Waals surface area contributed by atoms with Crippen molar-refractivity contribution in [2.45, 2.75) is 5.16 Å². The van der Waals surface area contributed by atoms with E-state index in [0.29, 0.717) is 33.7 Å². The first-order valence-electron chi connectivity index (χ1n) is 9.99. The second-order valence-corrected chi connectivity index (χ2v) is 8.94. The molecule has 1 aliphatic heterocycles. The lowest BCUT2D eigenvalue weighted by atomic mass is 10.1. The third-order valence-electron chi connectivity index (χ3n) is 4.97. The van der Waals surface area contributed by atoms with Crippen LogP contribution in [0.3, 0.4) is 0 Å². The van der Waals surface area contributed by atoms with Crippen LogP contribution in [0.5, 0.6) is 11.5 Å². The molecule has 0 spiro atoms. The number of thiophene rings is 1. The second kappa shape index (κ2) is 9.08. The Hall–Kier alpha value is -3.63. The third-order valence-corrected chi connectivity index (χ3v) is 6.76. The van der Waals surface area contributed by atoms with Gasteiger partial charge in [0.15, 0.2) is 23.4 Å². The fraction of sp³-hybridized carbons (Fsp3) is 0.130. The zero-order valence-corrected chi connectivity index (χ0v) is 19.1. The second-order valence-electron chi connectivity index (χ2n) is 7.05. The predicted molar refractivity (Wildman–Crippen MR) is 127 cm³/mol. The van der Waals surface area contributed by atoms with E-state index in [9.17, 15) is 9.59 Å². The standard InChI is InChI=1S/C23H18N4O4S2/c1-30-19-6-3-2-5-16(19)27-22(20-7-4-10-32-20)25-26-23(27)33-13-17(28)14-8-9-18-15(11-14)24-21(29)12-31-18/h2-11H,12-13H2,1H3,(H,24,29). The molecular weight excluding hydrogens is 460 g/mol. The van der Waals surface area contributed by atoms with Crippen LogP contribution < -0.4 is 14.8 Å². The number of anilines is 1. The zero-order valence-electron chi connectivity index (χ0n) is 17.5. The van der Waals surface area contributed by atoms with Gasteiger partial charge in [-0.3, -0.25) is 14.2 Å². The number of amides is 1. The maximum absolute atomic E-state index is 12.9. The van der Waals surface area contributed by atoms with E-state index in [1.807, 2.05) is 46.3 Å². The number of carbonyl (C=O) groups is 2. The lowest BCUT2D eigenvalue weighted by molar-refractivity contribution is -0.118. The minimum absolute atomic E-state index is 0.0265. The van der Waals surface area contributed by atoms with Gasteiger partial charge in [0.1, 0.15) is 11.5 Å². The Morgan fingerprint density at radius 1 is 1.21 bits per heavy atom. The summed E-state index contributed by atoms with van der Waals surface area (Å²) in [6.45, 7) is -0.0265. The Kier molecular flexibility index (Phi) is 5.84. The highest BCUT2D eigenvalue weighted by Crippen LogP contribution is 2.34. The number of methoxy groups -OCH3 is 1. The van der Waals surface area contributed by atoms with Crippen LogP contribution in [0.15, 0.2) is 65.1 Å². The molecule has 4 aromatic rings. The molecule has 1 N–H and O–H groups in total. The first kappa shape index (κ1) is 21.2. The smallest absolute Gasteiger partial charge is 0.262 e. The van der Waals surface area contributed by atoms with E-state index in [-0.39, 0.29) is 24.1 Å². The average molecular weight is 479 g/mol. The number of carbonyl (C=O) groups excluding carboxylic acids is 2. The van der Waals surface area contributed by atoms with E-state index in [2.05, 4.69) is 15.5 Å². The van der Waals surface area contributed by atoms with Gasteiger partial charge in [0.2, 0.25) is 0 Å². The highest BCUT2D eigenvalue weighted by atomic mass is 32.2. The van der Waals surface area contributed by atoms with E-state index in [0.717, 1.165) is 10.6 Å². The first-order chi connectivity index (χ1) is 16.1. The number of thioether (sulfide) groups is 1. The summed E-state index contributed by atoms with van der Waals surface area (Å²) in [6, 6.07) is 16.6. The van der Waals surface area contributed by atoms with Crippen LogP contribution in [0.1, 0.15) is 10.4 Å². The summed E-state index contributed by atoms with van der Waals surface area (Å²) in [5.74, 6) is 1.70. The van der Waals surface area contributed by atoms with Gasteiger partial charge >= 0.3 is 0 Å². The van der Waals surface area contributed by atoms with Crippen molar-refractivity contribution in [3.63, 3.8) is 0 Å². The van der Waals surface area contributed by atoms with Gasteiger partial charge in [0.05, 0.1) is 29.1 Å². The molecule has 0 bridgehead atoms. The Bertz CT molecular complexity index is 1330. The van der Waals surface area contributed by atoms with Crippen molar-refractivity contribution in [1.82, 2.24) is 14.8 Å². The van der Waals surface area contributed by atoms with Crippen LogP contribution in [-0.4, -0.2) is 45.9 Å². The molecule has 0 saturated heterocycles. The SMILES string of the molecule is COc1ccccc1-n1c(SCC(=O)c2ccc3c(c2)NC(=O)CO3)nnc1-c1cccs1. The van der Waals surface area contributed by atoms with Gasteiger partial charge in [-0.25, -0.2) is 0 Å². The molecule has 0 aliphatic carbocycles. The number of nitrogens with one attached hydrogen (secondary N) is 1. The van der Waals surface area contributed by atoms with Crippen molar-refractivity contribution in [3.8, 4) is 27.9 Å². The monoisotopic (exact) mass is 478 g/mol. The van der Waals surface area contributed by atoms with Crippen LogP contribution in [0.2, 0.25) is 0 Å². The van der Waals surface area contributed by atoms with Crippen molar-refractivity contribution in [2.75, 3.05) is 24.8 Å². The van der Waals surface area contributed by atoms with Gasteiger partial charge in [0.25, 0.3) is 5.91 Å². The molecule has 2 aromatic heterocycles. The Labute approximate surface area is 197 Å². The lowest BCUT2D eigenvalue weighted by Crippen LogP contribution is -2.25. The molecule has 8 nitrogen and oxygen atoms in total. The fourth-order valence-electron chi connectivity index (χ4n) is 3.43. The van der Waals surface area contributed by atoms with Gasteiger partial charge in [-0.15, -0.1) is 21.5 Å². The molecule has 1 aliphatic rings. The quantitative estimate of drug-likeness (QED) is 0.312. The molecule has 3 heterocycles. The number of fused-ring (bicyclic) bond motifs is 1. The van der Waals surface area contributed by atoms with Crippen molar-refractivity contribution < 1.29 is 19.1 Å². The van der Waals surface area contributed by atoms with Crippen molar-refractivity contribution in [2.24, 2.45) is 0 Å². The molecule has 166 valence electrons. The van der Waals surface area contributed by atoms with Gasteiger partial charge in [-0.2, -0.15) is 0 Å². The van der Waals surface area contributed by atoms with E-state index in [1.54, 1.807) is 36.6 Å². The maximum atomic E-state index is 12.9. The number of rotatable bonds is 7. The molecular formula is C23H18N4O4S2. The normalized spacial score (nSPS) is 12.6. The summed E-state index contributed by atoms with van der Waals surface area (Å²) in [4.78, 5) is 25.5. The van der Waals surface area contributed by atoms with Crippen LogP contribution in [0.4, 0.5) is 5.69 Å². The van der Waals surface area contributed by atoms with Crippen LogP contribution in [0.25, 0.3) is 16.4 Å². The molecule has 1 amide bonds. The van der Waals surface area contributed by atoms with E-state index in [4.69, 9.17) is 9.47 Å². The van der Waals surface area contributed by atoms with E-state index < -0.39 is 0 Å². The Balaban J connectivity index is 1.44. The summed E-state index contributed by atoms with van der Waals surface area (Å²) in [5, 5.41) is 14.0. The maximum Gasteiger partial charge on any atom is 0.262 e. The molecule has 0 radical (unpaired) electrons. The van der Waals surface area contributed by atoms with E-state index >= 15 is 0 Å². The summed E-state index contributed by atoms with van der Waals surface area (Å²) in [7, 11) is 1.61. The highest BCUT2D eigenvalue weighted by Gasteiger charge is 2.22. The molecule has 2 aromatic carbocycles. The zero-order chi connectivity index (χ0) is 22.8. The summed E-state index contributed by atoms with van der Waals surface area (Å²) < 4.78 is 12.8. The Morgan fingerprint density at radius 3 is 2.91 bits per heavy atom. The number of aromatic nitrogens is 3. The van der Waals surface area contributed by atoms with Crippen LogP contribution in [-0.2, 0) is 4.79 Å². The molecule has 0 fully saturated rings. The van der Waals surface area contributed by atoms with Gasteiger partial charge in [0, 0.05) is 5.56 Å². The van der Waals surface area contributed by atoms with Crippen molar-refractivity contribution >= 4 is 40.5 Å². The fourth-order valence-corrected chi connectivity index (χ4v) is 4.97. The molecule has 5 rings (SSSR count).